The molecule has 0 spiro atoms. The predicted octanol–water partition coefficient (Wildman–Crippen LogP) is 3.26. The molecule has 21 heavy (non-hydrogen) atoms. The minimum atomic E-state index is -0.346. The molecule has 1 fully saturated rings. The molecule has 1 unspecified atom stereocenters. The van der Waals surface area contributed by atoms with Gasteiger partial charge < -0.3 is 10.2 Å². The number of carbonyl (C=O) groups is 2. The molecule has 1 saturated heterocycles. The molecule has 1 aliphatic rings. The first kappa shape index (κ1) is 16.1. The molecular weight excluding hydrogens is 311 g/mol. The van der Waals surface area contributed by atoms with Crippen molar-refractivity contribution in [3.05, 3.63) is 28.2 Å². The maximum Gasteiger partial charge on any atom is 0.227 e. The molecule has 1 aromatic rings. The van der Waals surface area contributed by atoms with E-state index < -0.39 is 0 Å². The zero-order chi connectivity index (χ0) is 15.4. The topological polar surface area (TPSA) is 49.4 Å². The third-order valence-corrected chi connectivity index (χ3v) is 4.14. The minimum Gasteiger partial charge on any atom is -0.356 e. The molecule has 2 amide bonds. The predicted molar refractivity (Wildman–Crippen MR) is 84.8 cm³/mol. The SMILES string of the molecule is CCCCNC(=O)C1CC(=O)N(c2c(Cl)cccc2Cl)C1. The summed E-state index contributed by atoms with van der Waals surface area (Å²) in [6.07, 6.45) is 2.15. The first-order valence-electron chi connectivity index (χ1n) is 7.06. The van der Waals surface area contributed by atoms with Crippen LogP contribution in [-0.4, -0.2) is 24.9 Å². The highest BCUT2D eigenvalue weighted by molar-refractivity contribution is 6.40. The Bertz CT molecular complexity index is 528. The zero-order valence-electron chi connectivity index (χ0n) is 11.9. The smallest absolute Gasteiger partial charge is 0.227 e. The van der Waals surface area contributed by atoms with Crippen LogP contribution in [0.5, 0.6) is 0 Å². The Kier molecular flexibility index (Phi) is 5.48. The Labute approximate surface area is 134 Å². The lowest BCUT2D eigenvalue weighted by molar-refractivity contribution is -0.126. The monoisotopic (exact) mass is 328 g/mol. The maximum absolute atomic E-state index is 12.2. The van der Waals surface area contributed by atoms with E-state index in [0.717, 1.165) is 12.8 Å². The lowest BCUT2D eigenvalue weighted by Crippen LogP contribution is -2.33. The molecule has 0 saturated carbocycles. The first-order valence-corrected chi connectivity index (χ1v) is 7.82. The third-order valence-electron chi connectivity index (χ3n) is 3.53. The maximum atomic E-state index is 12.2. The first-order chi connectivity index (χ1) is 10.0. The summed E-state index contributed by atoms with van der Waals surface area (Å²) < 4.78 is 0. The van der Waals surface area contributed by atoms with Gasteiger partial charge in [-0.15, -0.1) is 0 Å². The molecule has 2 rings (SSSR count). The molecule has 0 bridgehead atoms. The number of rotatable bonds is 5. The number of unbranched alkanes of at least 4 members (excludes halogenated alkanes) is 1. The summed E-state index contributed by atoms with van der Waals surface area (Å²) in [4.78, 5) is 25.7. The van der Waals surface area contributed by atoms with Crippen LogP contribution in [0.3, 0.4) is 0 Å². The molecular formula is C15H18Cl2N2O2. The van der Waals surface area contributed by atoms with Gasteiger partial charge in [0.15, 0.2) is 0 Å². The Hall–Kier alpha value is -1.26. The van der Waals surface area contributed by atoms with E-state index in [1.807, 2.05) is 0 Å². The highest BCUT2D eigenvalue weighted by atomic mass is 35.5. The number of anilines is 1. The second-order valence-corrected chi connectivity index (χ2v) is 5.93. The van der Waals surface area contributed by atoms with Crippen molar-refractivity contribution in [2.24, 2.45) is 5.92 Å². The normalized spacial score (nSPS) is 18.1. The van der Waals surface area contributed by atoms with E-state index in [-0.39, 0.29) is 24.2 Å². The average molecular weight is 329 g/mol. The minimum absolute atomic E-state index is 0.0810. The molecule has 0 radical (unpaired) electrons. The van der Waals surface area contributed by atoms with Gasteiger partial charge in [0.2, 0.25) is 11.8 Å². The van der Waals surface area contributed by atoms with Crippen molar-refractivity contribution in [1.29, 1.82) is 0 Å². The highest BCUT2D eigenvalue weighted by Gasteiger charge is 2.36. The van der Waals surface area contributed by atoms with Gasteiger partial charge >= 0.3 is 0 Å². The van der Waals surface area contributed by atoms with E-state index in [2.05, 4.69) is 12.2 Å². The van der Waals surface area contributed by atoms with Crippen molar-refractivity contribution in [2.75, 3.05) is 18.0 Å². The molecule has 1 atom stereocenters. The largest absolute Gasteiger partial charge is 0.356 e. The van der Waals surface area contributed by atoms with Crippen molar-refractivity contribution >= 4 is 40.7 Å². The molecule has 1 N–H and O–H groups in total. The number of halogens is 2. The molecule has 6 heteroatoms. The lowest BCUT2D eigenvalue weighted by Gasteiger charge is -2.19. The molecule has 4 nitrogen and oxygen atoms in total. The number of nitrogens with one attached hydrogen (secondary N) is 1. The van der Waals surface area contributed by atoms with Gasteiger partial charge in [0.05, 0.1) is 21.7 Å². The summed E-state index contributed by atoms with van der Waals surface area (Å²) in [5.41, 5.74) is 0.495. The van der Waals surface area contributed by atoms with Crippen LogP contribution in [0.4, 0.5) is 5.69 Å². The Balaban J connectivity index is 2.08. The number of para-hydroxylation sites is 1. The number of hydrogen-bond donors (Lipinski definition) is 1. The summed E-state index contributed by atoms with van der Waals surface area (Å²) in [6.45, 7) is 3.03. The summed E-state index contributed by atoms with van der Waals surface area (Å²) >= 11 is 12.3. The second-order valence-electron chi connectivity index (χ2n) is 5.12. The van der Waals surface area contributed by atoms with Crippen molar-refractivity contribution in [1.82, 2.24) is 5.32 Å². The van der Waals surface area contributed by atoms with Gasteiger partial charge in [-0.2, -0.15) is 0 Å². The fourth-order valence-corrected chi connectivity index (χ4v) is 2.98. The van der Waals surface area contributed by atoms with E-state index in [9.17, 15) is 9.59 Å². The van der Waals surface area contributed by atoms with E-state index in [1.54, 1.807) is 18.2 Å². The van der Waals surface area contributed by atoms with Crippen LogP contribution in [0.2, 0.25) is 10.0 Å². The van der Waals surface area contributed by atoms with Gasteiger partial charge in [0, 0.05) is 19.5 Å². The number of benzene rings is 1. The van der Waals surface area contributed by atoms with Crippen molar-refractivity contribution < 1.29 is 9.59 Å². The van der Waals surface area contributed by atoms with E-state index >= 15 is 0 Å². The van der Waals surface area contributed by atoms with E-state index in [4.69, 9.17) is 23.2 Å². The van der Waals surface area contributed by atoms with Gasteiger partial charge in [0.25, 0.3) is 0 Å². The van der Waals surface area contributed by atoms with Crippen LogP contribution in [-0.2, 0) is 9.59 Å². The number of nitrogens with zero attached hydrogens (tertiary/aromatic N) is 1. The number of carbonyl (C=O) groups excluding carboxylic acids is 2. The van der Waals surface area contributed by atoms with Gasteiger partial charge in [0.1, 0.15) is 0 Å². The number of hydrogen-bond acceptors (Lipinski definition) is 2. The van der Waals surface area contributed by atoms with Crippen LogP contribution in [0.1, 0.15) is 26.2 Å². The Morgan fingerprint density at radius 3 is 2.67 bits per heavy atom. The average Bonchev–Trinajstić information content (AvgIpc) is 2.81. The standard InChI is InChI=1S/C15H18Cl2N2O2/c1-2-3-7-18-15(21)10-8-13(20)19(9-10)14-11(16)5-4-6-12(14)17/h4-6,10H,2-3,7-9H2,1H3,(H,18,21). The van der Waals surface area contributed by atoms with Crippen LogP contribution in [0.15, 0.2) is 18.2 Å². The molecule has 0 aliphatic carbocycles. The summed E-state index contributed by atoms with van der Waals surface area (Å²) in [6, 6.07) is 5.10. The second kappa shape index (κ2) is 7.14. The summed E-state index contributed by atoms with van der Waals surface area (Å²) in [5, 5.41) is 3.70. The van der Waals surface area contributed by atoms with Gasteiger partial charge in [-0.1, -0.05) is 42.6 Å². The van der Waals surface area contributed by atoms with Crippen LogP contribution in [0, 0.1) is 5.92 Å². The van der Waals surface area contributed by atoms with Crippen LogP contribution < -0.4 is 10.2 Å². The van der Waals surface area contributed by atoms with E-state index in [1.165, 1.54) is 4.90 Å². The lowest BCUT2D eigenvalue weighted by atomic mass is 10.1. The Morgan fingerprint density at radius 2 is 2.05 bits per heavy atom. The zero-order valence-corrected chi connectivity index (χ0v) is 13.4. The third kappa shape index (κ3) is 3.69. The molecule has 114 valence electrons. The molecule has 0 aromatic heterocycles. The quantitative estimate of drug-likeness (QED) is 0.843. The summed E-state index contributed by atoms with van der Waals surface area (Å²) in [5.74, 6) is -0.551. The molecule has 1 heterocycles. The van der Waals surface area contributed by atoms with Crippen molar-refractivity contribution in [3.63, 3.8) is 0 Å². The van der Waals surface area contributed by atoms with Gasteiger partial charge in [-0.25, -0.2) is 0 Å². The molecule has 1 aromatic carbocycles. The van der Waals surface area contributed by atoms with Gasteiger partial charge in [-0.05, 0) is 18.6 Å². The fourth-order valence-electron chi connectivity index (χ4n) is 2.38. The summed E-state index contributed by atoms with van der Waals surface area (Å²) in [7, 11) is 0. The van der Waals surface area contributed by atoms with Crippen molar-refractivity contribution in [3.8, 4) is 0 Å². The van der Waals surface area contributed by atoms with Crippen molar-refractivity contribution in [2.45, 2.75) is 26.2 Å². The number of amides is 2. The molecule has 1 aliphatic heterocycles. The van der Waals surface area contributed by atoms with Crippen LogP contribution >= 0.6 is 23.2 Å². The van der Waals surface area contributed by atoms with E-state index in [0.29, 0.717) is 28.8 Å². The highest BCUT2D eigenvalue weighted by Crippen LogP contribution is 2.37. The van der Waals surface area contributed by atoms with Crippen LogP contribution in [0.25, 0.3) is 0 Å². The Morgan fingerprint density at radius 1 is 1.38 bits per heavy atom. The fraction of sp³-hybridized carbons (Fsp3) is 0.467. The van der Waals surface area contributed by atoms with Gasteiger partial charge in [-0.3, -0.25) is 9.59 Å².